The Bertz CT molecular complexity index is 1190. The Hall–Kier alpha value is -3.33. The lowest BCUT2D eigenvalue weighted by molar-refractivity contribution is -0.124. The molecule has 0 radical (unpaired) electrons. The van der Waals surface area contributed by atoms with Crippen molar-refractivity contribution in [1.29, 1.82) is 0 Å². The molecule has 9 nitrogen and oxygen atoms in total. The quantitative estimate of drug-likeness (QED) is 0.325. The lowest BCUT2D eigenvalue weighted by Gasteiger charge is -2.33. The molecule has 0 bridgehead atoms. The van der Waals surface area contributed by atoms with E-state index < -0.39 is 0 Å². The Morgan fingerprint density at radius 3 is 2.62 bits per heavy atom. The van der Waals surface area contributed by atoms with Crippen LogP contribution in [0.2, 0.25) is 0 Å². The van der Waals surface area contributed by atoms with Gasteiger partial charge in [0.05, 0.1) is 25.2 Å². The SMILES string of the molecule is CCOc1ncc(-c2cccc(N(CCCCCc3noc(C4(C)COC4)n3)C(=O)C3CCC3)c2)cn1. The van der Waals surface area contributed by atoms with E-state index in [1.165, 1.54) is 0 Å². The number of carbonyl (C=O) groups is 1. The van der Waals surface area contributed by atoms with Gasteiger partial charge in [0.15, 0.2) is 5.82 Å². The van der Waals surface area contributed by atoms with Crippen LogP contribution in [0.25, 0.3) is 11.1 Å². The predicted octanol–water partition coefficient (Wildman–Crippen LogP) is 4.76. The number of unbranched alkanes of at least 4 members (excludes halogenated alkanes) is 2. The van der Waals surface area contributed by atoms with Crippen LogP contribution < -0.4 is 9.64 Å². The summed E-state index contributed by atoms with van der Waals surface area (Å²) in [7, 11) is 0. The van der Waals surface area contributed by atoms with Gasteiger partial charge in [-0.25, -0.2) is 9.97 Å². The normalized spacial score (nSPS) is 16.6. The van der Waals surface area contributed by atoms with E-state index in [2.05, 4.69) is 33.1 Å². The molecular weight excluding hydrogens is 470 g/mol. The van der Waals surface area contributed by atoms with Crippen molar-refractivity contribution in [3.05, 3.63) is 48.4 Å². The molecular formula is C28H35N5O4. The highest BCUT2D eigenvalue weighted by Crippen LogP contribution is 2.32. The van der Waals surface area contributed by atoms with Crippen LogP contribution in [0.4, 0.5) is 5.69 Å². The van der Waals surface area contributed by atoms with Crippen molar-refractivity contribution in [2.24, 2.45) is 5.92 Å². The number of anilines is 1. The molecule has 3 aromatic rings. The molecule has 37 heavy (non-hydrogen) atoms. The number of hydrogen-bond acceptors (Lipinski definition) is 8. The average Bonchev–Trinajstić information content (AvgIpc) is 3.34. The van der Waals surface area contributed by atoms with Crippen LogP contribution in [0.3, 0.4) is 0 Å². The molecule has 2 fully saturated rings. The molecule has 1 aliphatic heterocycles. The third-order valence-corrected chi connectivity index (χ3v) is 7.22. The molecule has 1 saturated heterocycles. The molecule has 2 aliphatic rings. The van der Waals surface area contributed by atoms with E-state index in [1.54, 1.807) is 12.4 Å². The Balaban J connectivity index is 1.20. The summed E-state index contributed by atoms with van der Waals surface area (Å²) in [6.07, 6.45) is 10.2. The highest BCUT2D eigenvalue weighted by molar-refractivity contribution is 5.96. The number of carbonyl (C=O) groups excluding carboxylic acids is 1. The first-order valence-corrected chi connectivity index (χ1v) is 13.3. The zero-order valence-electron chi connectivity index (χ0n) is 21.7. The van der Waals surface area contributed by atoms with Crippen LogP contribution in [0.5, 0.6) is 6.01 Å². The van der Waals surface area contributed by atoms with Gasteiger partial charge in [-0.1, -0.05) is 30.1 Å². The average molecular weight is 506 g/mol. The maximum absolute atomic E-state index is 13.3. The van der Waals surface area contributed by atoms with Gasteiger partial charge in [-0.15, -0.1) is 0 Å². The second kappa shape index (κ2) is 11.4. The Kier molecular flexibility index (Phi) is 7.79. The second-order valence-electron chi connectivity index (χ2n) is 10.2. The van der Waals surface area contributed by atoms with E-state index >= 15 is 0 Å². The van der Waals surface area contributed by atoms with Crippen LogP contribution in [-0.2, 0) is 21.4 Å². The van der Waals surface area contributed by atoms with Crippen molar-refractivity contribution in [2.45, 2.75) is 64.2 Å². The van der Waals surface area contributed by atoms with Gasteiger partial charge in [0, 0.05) is 42.5 Å². The third kappa shape index (κ3) is 5.82. The van der Waals surface area contributed by atoms with Crippen molar-refractivity contribution >= 4 is 11.6 Å². The molecule has 2 aromatic heterocycles. The fraction of sp³-hybridized carbons (Fsp3) is 0.536. The molecule has 196 valence electrons. The minimum Gasteiger partial charge on any atom is -0.464 e. The smallest absolute Gasteiger partial charge is 0.316 e. The largest absolute Gasteiger partial charge is 0.464 e. The van der Waals surface area contributed by atoms with Crippen LogP contribution in [0, 0.1) is 5.92 Å². The van der Waals surface area contributed by atoms with Gasteiger partial charge in [0.2, 0.25) is 11.8 Å². The van der Waals surface area contributed by atoms with Crippen molar-refractivity contribution in [3.63, 3.8) is 0 Å². The molecule has 0 atom stereocenters. The van der Waals surface area contributed by atoms with Crippen LogP contribution in [0.15, 0.2) is 41.2 Å². The van der Waals surface area contributed by atoms with Gasteiger partial charge < -0.3 is 18.9 Å². The lowest BCUT2D eigenvalue weighted by Crippen LogP contribution is -2.44. The van der Waals surface area contributed by atoms with E-state index in [-0.39, 0.29) is 17.2 Å². The summed E-state index contributed by atoms with van der Waals surface area (Å²) >= 11 is 0. The lowest BCUT2D eigenvalue weighted by atomic mass is 9.84. The van der Waals surface area contributed by atoms with Gasteiger partial charge in [0.1, 0.15) is 0 Å². The number of nitrogens with zero attached hydrogens (tertiary/aromatic N) is 5. The summed E-state index contributed by atoms with van der Waals surface area (Å²) < 4.78 is 16.1. The molecule has 1 aliphatic carbocycles. The summed E-state index contributed by atoms with van der Waals surface area (Å²) in [5, 5.41) is 4.14. The minimum absolute atomic E-state index is 0.132. The van der Waals surface area contributed by atoms with Gasteiger partial charge in [0.25, 0.3) is 0 Å². The topological polar surface area (TPSA) is 103 Å². The number of benzene rings is 1. The number of aromatic nitrogens is 4. The molecule has 3 heterocycles. The summed E-state index contributed by atoms with van der Waals surface area (Å²) in [5.74, 6) is 1.77. The van der Waals surface area contributed by atoms with E-state index in [4.69, 9.17) is 14.0 Å². The van der Waals surface area contributed by atoms with Crippen molar-refractivity contribution < 1.29 is 18.8 Å². The van der Waals surface area contributed by atoms with Crippen molar-refractivity contribution in [1.82, 2.24) is 20.1 Å². The fourth-order valence-electron chi connectivity index (χ4n) is 4.63. The number of aryl methyl sites for hydroxylation is 1. The van der Waals surface area contributed by atoms with Crippen LogP contribution >= 0.6 is 0 Å². The Labute approximate surface area is 217 Å². The van der Waals surface area contributed by atoms with Gasteiger partial charge >= 0.3 is 6.01 Å². The van der Waals surface area contributed by atoms with Crippen LogP contribution in [-0.4, -0.2) is 52.4 Å². The van der Waals surface area contributed by atoms with E-state index in [1.807, 2.05) is 30.0 Å². The molecule has 0 spiro atoms. The van der Waals surface area contributed by atoms with Gasteiger partial charge in [-0.3, -0.25) is 4.79 Å². The second-order valence-corrected chi connectivity index (χ2v) is 10.2. The molecule has 0 N–H and O–H groups in total. The molecule has 1 saturated carbocycles. The van der Waals surface area contributed by atoms with E-state index in [0.29, 0.717) is 38.3 Å². The zero-order valence-corrected chi connectivity index (χ0v) is 21.7. The standard InChI is InChI=1S/C28H35N5O4/c1-3-36-27-29-16-22(17-30-27)21-11-8-12-23(15-21)33(25(34)20-9-7-10-20)14-6-4-5-13-24-31-26(37-32-24)28(2)18-35-19-28/h8,11-12,15-17,20H,3-7,9-10,13-14,18-19H2,1-2H3. The molecule has 5 rings (SSSR count). The summed E-state index contributed by atoms with van der Waals surface area (Å²) in [6, 6.07) is 8.45. The first-order chi connectivity index (χ1) is 18.1. The summed E-state index contributed by atoms with van der Waals surface area (Å²) in [5.41, 5.74) is 2.65. The number of ether oxygens (including phenoxy) is 2. The van der Waals surface area contributed by atoms with Crippen molar-refractivity contribution in [3.8, 4) is 17.1 Å². The number of amides is 1. The molecule has 9 heteroatoms. The maximum Gasteiger partial charge on any atom is 0.316 e. The van der Waals surface area contributed by atoms with Crippen molar-refractivity contribution in [2.75, 3.05) is 31.3 Å². The van der Waals surface area contributed by atoms with E-state index in [0.717, 1.165) is 67.6 Å². The fourth-order valence-corrected chi connectivity index (χ4v) is 4.63. The predicted molar refractivity (Wildman–Crippen MR) is 138 cm³/mol. The number of hydrogen-bond donors (Lipinski definition) is 0. The molecule has 1 aromatic carbocycles. The third-order valence-electron chi connectivity index (χ3n) is 7.22. The molecule has 0 unspecified atom stereocenters. The van der Waals surface area contributed by atoms with Gasteiger partial charge in [-0.2, -0.15) is 4.98 Å². The van der Waals surface area contributed by atoms with Crippen LogP contribution in [0.1, 0.15) is 64.1 Å². The number of rotatable bonds is 12. The molecule has 1 amide bonds. The monoisotopic (exact) mass is 505 g/mol. The Morgan fingerprint density at radius 1 is 1.14 bits per heavy atom. The minimum atomic E-state index is -0.139. The highest BCUT2D eigenvalue weighted by atomic mass is 16.5. The highest BCUT2D eigenvalue weighted by Gasteiger charge is 2.40. The van der Waals surface area contributed by atoms with E-state index in [9.17, 15) is 4.79 Å². The summed E-state index contributed by atoms with van der Waals surface area (Å²) in [4.78, 5) is 28.5. The Morgan fingerprint density at radius 2 is 1.95 bits per heavy atom. The summed E-state index contributed by atoms with van der Waals surface area (Å²) in [6.45, 7) is 6.46. The van der Waals surface area contributed by atoms with Gasteiger partial charge in [-0.05, 0) is 57.2 Å². The first kappa shape index (κ1) is 25.3. The maximum atomic E-state index is 13.3. The zero-order chi connectivity index (χ0) is 25.7. The first-order valence-electron chi connectivity index (χ1n) is 13.3.